The standard InChI is InChI=1S/C16H13BrN4O2S/c1-10(11-5-4-6-12(9-11)21(22)23)24-16-18-15(19-20-16)13-7-2-3-8-14(13)17/h2-10H,1H3,(H,18,19,20)/t10-/m0/s1. The maximum Gasteiger partial charge on any atom is 0.269 e. The van der Waals surface area contributed by atoms with Crippen LogP contribution in [0.2, 0.25) is 0 Å². The molecule has 6 nitrogen and oxygen atoms in total. The van der Waals surface area contributed by atoms with Crippen molar-refractivity contribution < 1.29 is 4.92 Å². The number of aromatic nitrogens is 3. The Morgan fingerprint density at radius 2 is 2.04 bits per heavy atom. The van der Waals surface area contributed by atoms with Crippen molar-refractivity contribution in [1.29, 1.82) is 0 Å². The Kier molecular flexibility index (Phi) is 4.96. The molecular formula is C16H13BrN4O2S. The van der Waals surface area contributed by atoms with E-state index in [0.717, 1.165) is 15.6 Å². The van der Waals surface area contributed by atoms with Gasteiger partial charge in [-0.3, -0.25) is 15.2 Å². The molecule has 3 rings (SSSR count). The number of nitro groups is 1. The minimum atomic E-state index is -0.390. The second kappa shape index (κ2) is 7.14. The van der Waals surface area contributed by atoms with E-state index in [1.54, 1.807) is 12.1 Å². The predicted octanol–water partition coefficient (Wildman–Crippen LogP) is 5.00. The Morgan fingerprint density at radius 1 is 1.25 bits per heavy atom. The number of nitro benzene ring substituents is 1. The lowest BCUT2D eigenvalue weighted by Crippen LogP contribution is -1.93. The zero-order valence-corrected chi connectivity index (χ0v) is 15.0. The molecule has 0 aliphatic heterocycles. The maximum absolute atomic E-state index is 10.9. The number of H-pyrrole nitrogens is 1. The first-order valence-corrected chi connectivity index (χ1v) is 8.80. The van der Waals surface area contributed by atoms with Gasteiger partial charge in [-0.25, -0.2) is 4.98 Å². The second-order valence-electron chi connectivity index (χ2n) is 5.06. The first kappa shape index (κ1) is 16.7. The average Bonchev–Trinajstić information content (AvgIpc) is 3.03. The number of aromatic amines is 1. The van der Waals surface area contributed by atoms with Crippen molar-refractivity contribution in [3.63, 3.8) is 0 Å². The Hall–Kier alpha value is -2.19. The van der Waals surface area contributed by atoms with Crippen molar-refractivity contribution in [2.24, 2.45) is 0 Å². The van der Waals surface area contributed by atoms with Crippen LogP contribution in [-0.2, 0) is 0 Å². The van der Waals surface area contributed by atoms with Crippen LogP contribution in [0.1, 0.15) is 17.7 Å². The molecule has 2 aromatic carbocycles. The molecule has 0 aliphatic rings. The van der Waals surface area contributed by atoms with E-state index >= 15 is 0 Å². The Bertz CT molecular complexity index is 884. The molecule has 1 N–H and O–H groups in total. The first-order chi connectivity index (χ1) is 11.5. The molecule has 1 aromatic heterocycles. The summed E-state index contributed by atoms with van der Waals surface area (Å²) in [5, 5.41) is 18.6. The van der Waals surface area contributed by atoms with Crippen molar-refractivity contribution in [3.8, 4) is 11.4 Å². The summed E-state index contributed by atoms with van der Waals surface area (Å²) < 4.78 is 0.935. The van der Waals surface area contributed by atoms with Crippen molar-refractivity contribution in [3.05, 3.63) is 68.7 Å². The number of non-ortho nitro benzene ring substituents is 1. The lowest BCUT2D eigenvalue weighted by molar-refractivity contribution is -0.384. The van der Waals surface area contributed by atoms with E-state index in [0.29, 0.717) is 11.0 Å². The van der Waals surface area contributed by atoms with Gasteiger partial charge in [-0.2, -0.15) is 0 Å². The van der Waals surface area contributed by atoms with E-state index in [1.165, 1.54) is 17.8 Å². The Balaban J connectivity index is 1.78. The third-order valence-electron chi connectivity index (χ3n) is 3.43. The van der Waals surface area contributed by atoms with Gasteiger partial charge >= 0.3 is 0 Å². The van der Waals surface area contributed by atoms with Gasteiger partial charge < -0.3 is 0 Å². The first-order valence-electron chi connectivity index (χ1n) is 7.13. The molecule has 0 bridgehead atoms. The van der Waals surface area contributed by atoms with Crippen LogP contribution in [0.15, 0.2) is 58.2 Å². The van der Waals surface area contributed by atoms with Crippen LogP contribution in [0.5, 0.6) is 0 Å². The molecule has 0 saturated heterocycles. The SMILES string of the molecule is C[C@H](Sc1n[nH]c(-c2ccccc2Br)n1)c1cccc([N+](=O)[O-])c1. The molecule has 0 unspecified atom stereocenters. The minimum absolute atomic E-state index is 0.00670. The topological polar surface area (TPSA) is 84.7 Å². The van der Waals surface area contributed by atoms with Crippen molar-refractivity contribution in [2.75, 3.05) is 0 Å². The van der Waals surface area contributed by atoms with Crippen LogP contribution in [0.4, 0.5) is 5.69 Å². The van der Waals surface area contributed by atoms with E-state index in [1.807, 2.05) is 37.3 Å². The monoisotopic (exact) mass is 404 g/mol. The fraction of sp³-hybridized carbons (Fsp3) is 0.125. The van der Waals surface area contributed by atoms with Crippen molar-refractivity contribution in [2.45, 2.75) is 17.3 Å². The van der Waals surface area contributed by atoms with E-state index < -0.39 is 4.92 Å². The van der Waals surface area contributed by atoms with Crippen LogP contribution in [0, 0.1) is 10.1 Å². The predicted molar refractivity (Wildman–Crippen MR) is 96.9 cm³/mol. The molecule has 0 fully saturated rings. The number of rotatable bonds is 5. The molecular weight excluding hydrogens is 392 g/mol. The van der Waals surface area contributed by atoms with Crippen LogP contribution < -0.4 is 0 Å². The number of hydrogen-bond donors (Lipinski definition) is 1. The summed E-state index contributed by atoms with van der Waals surface area (Å²) in [6.45, 7) is 1.97. The summed E-state index contributed by atoms with van der Waals surface area (Å²) in [5.41, 5.74) is 1.88. The summed E-state index contributed by atoms with van der Waals surface area (Å²) >= 11 is 4.94. The lowest BCUT2D eigenvalue weighted by Gasteiger charge is -2.08. The molecule has 1 atom stereocenters. The van der Waals surface area contributed by atoms with Gasteiger partial charge in [0.25, 0.3) is 5.69 Å². The zero-order chi connectivity index (χ0) is 17.1. The highest BCUT2D eigenvalue weighted by atomic mass is 79.9. The molecule has 3 aromatic rings. The highest BCUT2D eigenvalue weighted by Gasteiger charge is 2.15. The summed E-state index contributed by atoms with van der Waals surface area (Å²) in [4.78, 5) is 15.0. The number of thioether (sulfide) groups is 1. The number of hydrogen-bond acceptors (Lipinski definition) is 5. The summed E-state index contributed by atoms with van der Waals surface area (Å²) in [6.07, 6.45) is 0. The average molecular weight is 405 g/mol. The highest BCUT2D eigenvalue weighted by Crippen LogP contribution is 2.35. The van der Waals surface area contributed by atoms with Crippen molar-refractivity contribution in [1.82, 2.24) is 15.2 Å². The molecule has 1 heterocycles. The Morgan fingerprint density at radius 3 is 2.79 bits per heavy atom. The van der Waals surface area contributed by atoms with E-state index in [-0.39, 0.29) is 10.9 Å². The summed E-state index contributed by atoms with van der Waals surface area (Å²) in [7, 11) is 0. The molecule has 0 spiro atoms. The molecule has 0 amide bonds. The summed E-state index contributed by atoms with van der Waals surface area (Å²) in [6, 6.07) is 14.4. The largest absolute Gasteiger partial charge is 0.269 e. The van der Waals surface area contributed by atoms with Gasteiger partial charge in [0.2, 0.25) is 5.16 Å². The molecule has 0 aliphatic carbocycles. The van der Waals surface area contributed by atoms with E-state index in [2.05, 4.69) is 31.1 Å². The normalized spacial score (nSPS) is 12.1. The van der Waals surface area contributed by atoms with Gasteiger partial charge in [0.1, 0.15) is 0 Å². The minimum Gasteiger partial charge on any atom is -0.258 e. The van der Waals surface area contributed by atoms with Crippen LogP contribution in [0.3, 0.4) is 0 Å². The number of benzene rings is 2. The molecule has 122 valence electrons. The van der Waals surface area contributed by atoms with Gasteiger partial charge in [-0.1, -0.05) is 58.0 Å². The zero-order valence-electron chi connectivity index (χ0n) is 12.6. The van der Waals surface area contributed by atoms with Gasteiger partial charge in [-0.15, -0.1) is 5.10 Å². The van der Waals surface area contributed by atoms with E-state index in [4.69, 9.17) is 0 Å². The number of halogens is 1. The maximum atomic E-state index is 10.9. The number of nitrogens with one attached hydrogen (secondary N) is 1. The van der Waals surface area contributed by atoms with Crippen molar-refractivity contribution >= 4 is 33.4 Å². The molecule has 0 radical (unpaired) electrons. The third kappa shape index (κ3) is 3.65. The number of nitrogens with zero attached hydrogens (tertiary/aromatic N) is 3. The van der Waals surface area contributed by atoms with Gasteiger partial charge in [0, 0.05) is 27.4 Å². The fourth-order valence-corrected chi connectivity index (χ4v) is 3.50. The second-order valence-corrected chi connectivity index (χ2v) is 7.22. The molecule has 0 saturated carbocycles. The third-order valence-corrected chi connectivity index (χ3v) is 5.14. The van der Waals surface area contributed by atoms with Crippen LogP contribution in [0.25, 0.3) is 11.4 Å². The molecule has 24 heavy (non-hydrogen) atoms. The van der Waals surface area contributed by atoms with Gasteiger partial charge in [0.15, 0.2) is 5.82 Å². The van der Waals surface area contributed by atoms with Gasteiger partial charge in [-0.05, 0) is 18.6 Å². The van der Waals surface area contributed by atoms with Crippen LogP contribution >= 0.6 is 27.7 Å². The Labute approximate surface area is 151 Å². The lowest BCUT2D eigenvalue weighted by atomic mass is 10.1. The van der Waals surface area contributed by atoms with Gasteiger partial charge in [0.05, 0.1) is 4.92 Å². The summed E-state index contributed by atoms with van der Waals surface area (Å²) in [5.74, 6) is 0.677. The quantitative estimate of drug-likeness (QED) is 0.367. The van der Waals surface area contributed by atoms with E-state index in [9.17, 15) is 10.1 Å². The highest BCUT2D eigenvalue weighted by molar-refractivity contribution is 9.10. The molecule has 8 heteroatoms. The fourth-order valence-electron chi connectivity index (χ4n) is 2.19. The smallest absolute Gasteiger partial charge is 0.258 e. The van der Waals surface area contributed by atoms with Crippen LogP contribution in [-0.4, -0.2) is 20.1 Å².